The number of benzene rings is 1. The maximum Gasteiger partial charge on any atom is 0.168 e. The third-order valence-corrected chi connectivity index (χ3v) is 2.70. The van der Waals surface area contributed by atoms with E-state index in [0.717, 1.165) is 5.56 Å². The van der Waals surface area contributed by atoms with Crippen molar-refractivity contribution in [3.8, 4) is 5.75 Å². The molecule has 0 unspecified atom stereocenters. The second kappa shape index (κ2) is 6.11. The minimum absolute atomic E-state index is 0.286. The minimum Gasteiger partial charge on any atom is -0.487 e. The van der Waals surface area contributed by atoms with Gasteiger partial charge in [0.15, 0.2) is 6.29 Å². The summed E-state index contributed by atoms with van der Waals surface area (Å²) in [5.41, 5.74) is 7.87. The number of hydrogen-bond acceptors (Lipinski definition) is 4. The third kappa shape index (κ3) is 3.39. The van der Waals surface area contributed by atoms with Gasteiger partial charge in [-0.3, -0.25) is 4.79 Å². The van der Waals surface area contributed by atoms with Crippen molar-refractivity contribution in [3.05, 3.63) is 59.4 Å². The van der Waals surface area contributed by atoms with Crippen LogP contribution in [0.2, 0.25) is 0 Å². The molecule has 0 spiro atoms. The quantitative estimate of drug-likeness (QED) is 0.835. The van der Waals surface area contributed by atoms with E-state index in [2.05, 4.69) is 4.98 Å². The Bertz CT molecular complexity index is 553. The largest absolute Gasteiger partial charge is 0.487 e. The van der Waals surface area contributed by atoms with Gasteiger partial charge in [-0.1, -0.05) is 30.3 Å². The first kappa shape index (κ1) is 13.2. The first-order chi connectivity index (χ1) is 9.20. The molecule has 0 aliphatic rings. The molecule has 0 bridgehead atoms. The Kier molecular flexibility index (Phi) is 4.26. The van der Waals surface area contributed by atoms with E-state index < -0.39 is 0 Å². The lowest BCUT2D eigenvalue weighted by Gasteiger charge is -2.13. The molecule has 2 rings (SSSR count). The molecule has 0 amide bonds. The molecule has 4 heteroatoms. The summed E-state index contributed by atoms with van der Waals surface area (Å²) in [5.74, 6) is 0.615. The van der Waals surface area contributed by atoms with Crippen molar-refractivity contribution in [2.75, 3.05) is 0 Å². The average molecular weight is 256 g/mol. The highest BCUT2D eigenvalue weighted by atomic mass is 16.5. The van der Waals surface area contributed by atoms with E-state index in [-0.39, 0.29) is 6.04 Å². The monoisotopic (exact) mass is 256 g/mol. The summed E-state index contributed by atoms with van der Waals surface area (Å²) >= 11 is 0. The van der Waals surface area contributed by atoms with Gasteiger partial charge in [-0.15, -0.1) is 0 Å². The second-order valence-electron chi connectivity index (χ2n) is 4.30. The van der Waals surface area contributed by atoms with Crippen molar-refractivity contribution in [3.63, 3.8) is 0 Å². The number of nitrogens with two attached hydrogens (primary N) is 1. The van der Waals surface area contributed by atoms with Gasteiger partial charge >= 0.3 is 0 Å². The fourth-order valence-electron chi connectivity index (χ4n) is 1.73. The number of rotatable bonds is 5. The highest BCUT2D eigenvalue weighted by Crippen LogP contribution is 2.22. The molecule has 1 aromatic carbocycles. The highest BCUT2D eigenvalue weighted by molar-refractivity contribution is 5.72. The molecule has 0 aliphatic carbocycles. The molecular weight excluding hydrogens is 240 g/mol. The topological polar surface area (TPSA) is 65.2 Å². The van der Waals surface area contributed by atoms with Crippen molar-refractivity contribution >= 4 is 6.29 Å². The second-order valence-corrected chi connectivity index (χ2v) is 4.30. The van der Waals surface area contributed by atoms with Gasteiger partial charge in [0.25, 0.3) is 0 Å². The van der Waals surface area contributed by atoms with Gasteiger partial charge in [0.05, 0.1) is 5.69 Å². The van der Waals surface area contributed by atoms with Crippen LogP contribution < -0.4 is 10.5 Å². The maximum atomic E-state index is 10.7. The first-order valence-electron chi connectivity index (χ1n) is 6.09. The van der Waals surface area contributed by atoms with Crippen LogP contribution in [0.4, 0.5) is 0 Å². The van der Waals surface area contributed by atoms with Gasteiger partial charge in [-0.25, -0.2) is 4.98 Å². The molecule has 1 heterocycles. The summed E-state index contributed by atoms with van der Waals surface area (Å²) in [6.45, 7) is 2.26. The van der Waals surface area contributed by atoms with Gasteiger partial charge in [0.1, 0.15) is 18.1 Å². The van der Waals surface area contributed by atoms with E-state index in [1.165, 1.54) is 0 Å². The first-order valence-corrected chi connectivity index (χ1v) is 6.09. The number of carbonyl (C=O) groups excluding carboxylic acids is 1. The molecule has 0 saturated heterocycles. The zero-order valence-corrected chi connectivity index (χ0v) is 10.7. The van der Waals surface area contributed by atoms with Gasteiger partial charge in [-0.05, 0) is 24.6 Å². The van der Waals surface area contributed by atoms with Gasteiger partial charge in [-0.2, -0.15) is 0 Å². The molecule has 2 aromatic rings. The number of aromatic nitrogens is 1. The number of carbonyl (C=O) groups is 1. The molecule has 4 nitrogen and oxygen atoms in total. The van der Waals surface area contributed by atoms with E-state index in [0.29, 0.717) is 30.0 Å². The van der Waals surface area contributed by atoms with Crippen LogP contribution in [0.5, 0.6) is 5.75 Å². The zero-order chi connectivity index (χ0) is 13.7. The summed E-state index contributed by atoms with van der Waals surface area (Å²) in [6, 6.07) is 12.9. The van der Waals surface area contributed by atoms with Crippen LogP contribution >= 0.6 is 0 Å². The predicted molar refractivity (Wildman–Crippen MR) is 73.0 cm³/mol. The highest BCUT2D eigenvalue weighted by Gasteiger charge is 2.11. The molecule has 19 heavy (non-hydrogen) atoms. The normalized spacial score (nSPS) is 11.9. The molecule has 0 fully saturated rings. The summed E-state index contributed by atoms with van der Waals surface area (Å²) in [4.78, 5) is 14.9. The van der Waals surface area contributed by atoms with Crippen LogP contribution in [-0.4, -0.2) is 11.3 Å². The summed E-state index contributed by atoms with van der Waals surface area (Å²) in [5, 5.41) is 0. The van der Waals surface area contributed by atoms with Crippen molar-refractivity contribution in [2.45, 2.75) is 19.6 Å². The van der Waals surface area contributed by atoms with Crippen molar-refractivity contribution < 1.29 is 9.53 Å². The molecule has 0 radical (unpaired) electrons. The number of ether oxygens (including phenoxy) is 1. The van der Waals surface area contributed by atoms with Crippen LogP contribution in [0, 0.1) is 0 Å². The molecule has 1 atom stereocenters. The Morgan fingerprint density at radius 3 is 2.63 bits per heavy atom. The van der Waals surface area contributed by atoms with Crippen LogP contribution in [0.3, 0.4) is 0 Å². The zero-order valence-electron chi connectivity index (χ0n) is 10.7. The molecule has 1 aromatic heterocycles. The van der Waals surface area contributed by atoms with Crippen LogP contribution in [-0.2, 0) is 6.61 Å². The molecule has 0 aliphatic heterocycles. The van der Waals surface area contributed by atoms with Crippen LogP contribution in [0.1, 0.15) is 34.7 Å². The van der Waals surface area contributed by atoms with Gasteiger partial charge in [0.2, 0.25) is 0 Å². The summed E-state index contributed by atoms with van der Waals surface area (Å²) in [7, 11) is 0. The Labute approximate surface area is 112 Å². The molecule has 2 N–H and O–H groups in total. The lowest BCUT2D eigenvalue weighted by Crippen LogP contribution is -2.11. The Morgan fingerprint density at radius 2 is 2.00 bits per heavy atom. The number of nitrogens with zero attached hydrogens (tertiary/aromatic N) is 1. The Hall–Kier alpha value is -2.20. The number of pyridine rings is 1. The SMILES string of the molecule is C[C@@H](N)c1nc(C=O)ccc1OCc1ccccc1. The Balaban J connectivity index is 2.18. The third-order valence-electron chi connectivity index (χ3n) is 2.70. The van der Waals surface area contributed by atoms with Crippen molar-refractivity contribution in [1.29, 1.82) is 0 Å². The predicted octanol–water partition coefficient (Wildman–Crippen LogP) is 2.49. The Morgan fingerprint density at radius 1 is 1.26 bits per heavy atom. The maximum absolute atomic E-state index is 10.7. The van der Waals surface area contributed by atoms with E-state index in [1.807, 2.05) is 37.3 Å². The fraction of sp³-hybridized carbons (Fsp3) is 0.200. The van der Waals surface area contributed by atoms with E-state index in [9.17, 15) is 4.79 Å². The summed E-state index contributed by atoms with van der Waals surface area (Å²) in [6.07, 6.45) is 0.701. The lowest BCUT2D eigenvalue weighted by atomic mass is 10.2. The fourth-order valence-corrected chi connectivity index (χ4v) is 1.73. The number of hydrogen-bond donors (Lipinski definition) is 1. The molecule has 0 saturated carbocycles. The van der Waals surface area contributed by atoms with Crippen LogP contribution in [0.25, 0.3) is 0 Å². The van der Waals surface area contributed by atoms with Crippen molar-refractivity contribution in [1.82, 2.24) is 4.98 Å². The lowest BCUT2D eigenvalue weighted by molar-refractivity contribution is 0.111. The molecule has 98 valence electrons. The van der Waals surface area contributed by atoms with E-state index in [4.69, 9.17) is 10.5 Å². The minimum atomic E-state index is -0.286. The van der Waals surface area contributed by atoms with Gasteiger partial charge in [0, 0.05) is 6.04 Å². The smallest absolute Gasteiger partial charge is 0.168 e. The van der Waals surface area contributed by atoms with E-state index in [1.54, 1.807) is 12.1 Å². The van der Waals surface area contributed by atoms with Crippen molar-refractivity contribution in [2.24, 2.45) is 5.73 Å². The average Bonchev–Trinajstić information content (AvgIpc) is 2.46. The molecular formula is C15H16N2O2. The summed E-state index contributed by atoms with van der Waals surface area (Å²) < 4.78 is 5.73. The van der Waals surface area contributed by atoms with E-state index >= 15 is 0 Å². The van der Waals surface area contributed by atoms with Crippen LogP contribution in [0.15, 0.2) is 42.5 Å². The number of aldehydes is 1. The van der Waals surface area contributed by atoms with Gasteiger partial charge < -0.3 is 10.5 Å². The standard InChI is InChI=1S/C15H16N2O2/c1-11(16)15-14(8-7-13(9-18)17-15)19-10-12-5-3-2-4-6-12/h2-9,11H,10,16H2,1H3/t11-/m1/s1.